The normalized spacial score (nSPS) is 49.7. The van der Waals surface area contributed by atoms with Crippen molar-refractivity contribution < 1.29 is 4.74 Å². The van der Waals surface area contributed by atoms with Gasteiger partial charge in [0.1, 0.15) is 0 Å². The monoisotopic (exact) mass is 263 g/mol. The molecular formula is C17H29NO. The van der Waals surface area contributed by atoms with Crippen LogP contribution in [0.5, 0.6) is 0 Å². The van der Waals surface area contributed by atoms with E-state index in [0.717, 1.165) is 36.2 Å². The molecule has 2 heteroatoms. The molecule has 0 radical (unpaired) electrons. The molecule has 108 valence electrons. The van der Waals surface area contributed by atoms with E-state index in [1.807, 2.05) is 0 Å². The summed E-state index contributed by atoms with van der Waals surface area (Å²) in [5.41, 5.74) is 6.62. The van der Waals surface area contributed by atoms with Gasteiger partial charge in [0.05, 0.1) is 6.10 Å². The summed E-state index contributed by atoms with van der Waals surface area (Å²) in [5, 5.41) is 0. The van der Waals surface area contributed by atoms with Crippen molar-refractivity contribution in [3.8, 4) is 0 Å². The Morgan fingerprint density at radius 3 is 2.26 bits per heavy atom. The van der Waals surface area contributed by atoms with Crippen LogP contribution in [0.3, 0.4) is 0 Å². The second kappa shape index (κ2) is 5.04. The number of nitrogens with two attached hydrogens (primary N) is 1. The maximum Gasteiger partial charge on any atom is 0.0576 e. The zero-order valence-corrected chi connectivity index (χ0v) is 12.1. The SMILES string of the molecule is NC(CCC1CCCO1)C1C2CC3CC(C2)CC1C3. The highest BCUT2D eigenvalue weighted by Gasteiger charge is 2.49. The molecule has 4 saturated carbocycles. The molecule has 4 bridgehead atoms. The average Bonchev–Trinajstić information content (AvgIpc) is 2.88. The molecule has 0 amide bonds. The molecule has 5 rings (SSSR count). The molecule has 0 spiro atoms. The summed E-state index contributed by atoms with van der Waals surface area (Å²) in [6.45, 7) is 0.984. The lowest BCUT2D eigenvalue weighted by Crippen LogP contribution is -2.51. The molecule has 0 aromatic heterocycles. The average molecular weight is 263 g/mol. The summed E-state index contributed by atoms with van der Waals surface area (Å²) < 4.78 is 5.75. The van der Waals surface area contributed by atoms with Crippen LogP contribution >= 0.6 is 0 Å². The van der Waals surface area contributed by atoms with Gasteiger partial charge in [0.25, 0.3) is 0 Å². The van der Waals surface area contributed by atoms with Gasteiger partial charge in [0.15, 0.2) is 0 Å². The minimum absolute atomic E-state index is 0.458. The number of hydrogen-bond acceptors (Lipinski definition) is 2. The first kappa shape index (κ1) is 12.6. The lowest BCUT2D eigenvalue weighted by Gasteiger charge is -2.56. The van der Waals surface area contributed by atoms with Gasteiger partial charge in [-0.2, -0.15) is 0 Å². The number of ether oxygens (including phenoxy) is 1. The van der Waals surface area contributed by atoms with Crippen LogP contribution in [0.1, 0.15) is 57.8 Å². The first-order valence-electron chi connectivity index (χ1n) is 8.66. The van der Waals surface area contributed by atoms with E-state index < -0.39 is 0 Å². The molecule has 19 heavy (non-hydrogen) atoms. The first-order valence-corrected chi connectivity index (χ1v) is 8.66. The molecule has 0 aromatic carbocycles. The summed E-state index contributed by atoms with van der Waals surface area (Å²) >= 11 is 0. The summed E-state index contributed by atoms with van der Waals surface area (Å²) in [4.78, 5) is 0. The van der Waals surface area contributed by atoms with E-state index in [1.165, 1.54) is 51.4 Å². The lowest BCUT2D eigenvalue weighted by molar-refractivity contribution is -0.0490. The van der Waals surface area contributed by atoms with Crippen LogP contribution in [0, 0.1) is 29.6 Å². The summed E-state index contributed by atoms with van der Waals surface area (Å²) in [6.07, 6.45) is 13.1. The summed E-state index contributed by atoms with van der Waals surface area (Å²) in [7, 11) is 0. The number of hydrogen-bond donors (Lipinski definition) is 1. The molecule has 1 heterocycles. The van der Waals surface area contributed by atoms with Crippen LogP contribution < -0.4 is 5.73 Å². The standard InChI is InChI=1S/C17H29NO/c18-16(4-3-15-2-1-5-19-15)17-13-7-11-6-12(9-13)10-14(17)8-11/h11-17H,1-10,18H2. The molecule has 2 N–H and O–H groups in total. The third-order valence-electron chi connectivity index (χ3n) is 6.64. The van der Waals surface area contributed by atoms with Crippen LogP contribution in [0.15, 0.2) is 0 Å². The molecular weight excluding hydrogens is 234 g/mol. The fourth-order valence-corrected chi connectivity index (χ4v) is 6.11. The van der Waals surface area contributed by atoms with Gasteiger partial charge in [-0.15, -0.1) is 0 Å². The van der Waals surface area contributed by atoms with Crippen molar-refractivity contribution in [2.24, 2.45) is 35.3 Å². The minimum Gasteiger partial charge on any atom is -0.378 e. The zero-order chi connectivity index (χ0) is 12.8. The van der Waals surface area contributed by atoms with Crippen LogP contribution in [0.2, 0.25) is 0 Å². The van der Waals surface area contributed by atoms with Gasteiger partial charge in [-0.3, -0.25) is 0 Å². The van der Waals surface area contributed by atoms with Gasteiger partial charge in [-0.1, -0.05) is 0 Å². The Bertz CT molecular complexity index is 295. The Morgan fingerprint density at radius 2 is 1.68 bits per heavy atom. The fourth-order valence-electron chi connectivity index (χ4n) is 6.11. The maximum absolute atomic E-state index is 6.62. The molecule has 5 fully saturated rings. The molecule has 2 atom stereocenters. The Morgan fingerprint density at radius 1 is 1.00 bits per heavy atom. The van der Waals surface area contributed by atoms with Crippen molar-refractivity contribution in [3.05, 3.63) is 0 Å². The smallest absolute Gasteiger partial charge is 0.0576 e. The van der Waals surface area contributed by atoms with Crippen molar-refractivity contribution in [1.82, 2.24) is 0 Å². The largest absolute Gasteiger partial charge is 0.378 e. The van der Waals surface area contributed by atoms with Gasteiger partial charge in [-0.05, 0) is 87.4 Å². The predicted molar refractivity (Wildman–Crippen MR) is 76.7 cm³/mol. The fraction of sp³-hybridized carbons (Fsp3) is 1.00. The molecule has 5 aliphatic rings. The van der Waals surface area contributed by atoms with Crippen molar-refractivity contribution >= 4 is 0 Å². The van der Waals surface area contributed by atoms with Crippen LogP contribution in [0.4, 0.5) is 0 Å². The highest BCUT2D eigenvalue weighted by Crippen LogP contribution is 2.57. The maximum atomic E-state index is 6.62. The van der Waals surface area contributed by atoms with Crippen LogP contribution in [0.25, 0.3) is 0 Å². The van der Waals surface area contributed by atoms with Gasteiger partial charge in [0.2, 0.25) is 0 Å². The van der Waals surface area contributed by atoms with Crippen molar-refractivity contribution in [3.63, 3.8) is 0 Å². The van der Waals surface area contributed by atoms with Crippen molar-refractivity contribution in [2.45, 2.75) is 69.9 Å². The molecule has 0 aromatic rings. The second-order valence-corrected chi connectivity index (χ2v) is 7.88. The van der Waals surface area contributed by atoms with Crippen molar-refractivity contribution in [1.29, 1.82) is 0 Å². The topological polar surface area (TPSA) is 35.2 Å². The number of rotatable bonds is 4. The third-order valence-corrected chi connectivity index (χ3v) is 6.64. The Hall–Kier alpha value is -0.0800. The molecule has 2 nitrogen and oxygen atoms in total. The highest BCUT2D eigenvalue weighted by molar-refractivity contribution is 5.01. The van der Waals surface area contributed by atoms with E-state index in [0.29, 0.717) is 12.1 Å². The van der Waals surface area contributed by atoms with Gasteiger partial charge < -0.3 is 10.5 Å². The van der Waals surface area contributed by atoms with Gasteiger partial charge >= 0.3 is 0 Å². The Kier molecular flexibility index (Phi) is 3.35. The van der Waals surface area contributed by atoms with E-state index in [4.69, 9.17) is 10.5 Å². The van der Waals surface area contributed by atoms with E-state index in [1.54, 1.807) is 6.42 Å². The quantitative estimate of drug-likeness (QED) is 0.844. The molecule has 4 aliphatic carbocycles. The second-order valence-electron chi connectivity index (χ2n) is 7.88. The van der Waals surface area contributed by atoms with E-state index in [9.17, 15) is 0 Å². The van der Waals surface area contributed by atoms with Crippen molar-refractivity contribution in [2.75, 3.05) is 6.61 Å². The molecule has 1 aliphatic heterocycles. The third kappa shape index (κ3) is 2.35. The molecule has 2 unspecified atom stereocenters. The van der Waals surface area contributed by atoms with Crippen LogP contribution in [-0.2, 0) is 4.74 Å². The van der Waals surface area contributed by atoms with Gasteiger partial charge in [0, 0.05) is 12.6 Å². The van der Waals surface area contributed by atoms with Crippen LogP contribution in [-0.4, -0.2) is 18.8 Å². The van der Waals surface area contributed by atoms with E-state index in [2.05, 4.69) is 0 Å². The Labute approximate surface area is 117 Å². The van der Waals surface area contributed by atoms with E-state index in [-0.39, 0.29) is 0 Å². The Balaban J connectivity index is 1.35. The predicted octanol–water partition coefficient (Wildman–Crippen LogP) is 3.35. The highest BCUT2D eigenvalue weighted by atomic mass is 16.5. The summed E-state index contributed by atoms with van der Waals surface area (Å²) in [5.74, 6) is 4.97. The zero-order valence-electron chi connectivity index (χ0n) is 12.1. The van der Waals surface area contributed by atoms with E-state index >= 15 is 0 Å². The van der Waals surface area contributed by atoms with Gasteiger partial charge in [-0.25, -0.2) is 0 Å². The summed E-state index contributed by atoms with van der Waals surface area (Å²) in [6, 6.07) is 0.458. The molecule has 1 saturated heterocycles. The first-order chi connectivity index (χ1) is 9.29. The minimum atomic E-state index is 0.458. The lowest BCUT2D eigenvalue weighted by atomic mass is 9.50.